The second-order valence-electron chi connectivity index (χ2n) is 7.89. The molecule has 1 N–H and O–H groups in total. The van der Waals surface area contributed by atoms with Crippen LogP contribution in [0.1, 0.15) is 32.8 Å². The lowest BCUT2D eigenvalue weighted by Crippen LogP contribution is -2.35. The Balaban J connectivity index is 1.69. The van der Waals surface area contributed by atoms with Crippen LogP contribution in [-0.2, 0) is 16.1 Å². The molecule has 0 bridgehead atoms. The fraction of sp³-hybridized carbons (Fsp3) is 0.292. The Bertz CT molecular complexity index is 901. The number of thiophene rings is 1. The van der Waals surface area contributed by atoms with Gasteiger partial charge in [-0.15, -0.1) is 23.1 Å². The number of hydroxylamine groups is 1. The number of carbonyl (C=O) groups excluding carboxylic acids is 1. The molecule has 3 nitrogen and oxygen atoms in total. The van der Waals surface area contributed by atoms with Crippen LogP contribution in [0.5, 0.6) is 0 Å². The summed E-state index contributed by atoms with van der Waals surface area (Å²) in [5.74, 6) is -0.0896. The van der Waals surface area contributed by atoms with E-state index in [9.17, 15) is 4.79 Å². The Kier molecular flexibility index (Phi) is 7.53. The van der Waals surface area contributed by atoms with E-state index in [1.54, 1.807) is 23.1 Å². The molecule has 1 unspecified atom stereocenters. The summed E-state index contributed by atoms with van der Waals surface area (Å²) >= 11 is 3.49. The van der Waals surface area contributed by atoms with Crippen molar-refractivity contribution in [3.8, 4) is 11.1 Å². The Hall–Kier alpha value is -2.08. The van der Waals surface area contributed by atoms with Crippen LogP contribution in [0.3, 0.4) is 0 Å². The van der Waals surface area contributed by atoms with Crippen LogP contribution >= 0.6 is 23.1 Å². The van der Waals surface area contributed by atoms with Gasteiger partial charge in [0.05, 0.1) is 9.81 Å². The fourth-order valence-electron chi connectivity index (χ4n) is 2.82. The van der Waals surface area contributed by atoms with Crippen molar-refractivity contribution in [3.63, 3.8) is 0 Å². The third-order valence-electron chi connectivity index (χ3n) is 4.16. The highest BCUT2D eigenvalue weighted by molar-refractivity contribution is 8.01. The summed E-state index contributed by atoms with van der Waals surface area (Å²) < 4.78 is 1.22. The standard InChI is InChI=1S/C24H27NO2S2/c1-24(2,3)27-25-22(26)16-21(14-18-10-6-4-7-11-18)29-23-15-20(17-28-23)19-12-8-5-9-13-19/h4-13,15,17,21H,14,16H2,1-3H3,(H,25,26). The van der Waals surface area contributed by atoms with E-state index in [4.69, 9.17) is 4.84 Å². The van der Waals surface area contributed by atoms with Crippen molar-refractivity contribution in [2.75, 3.05) is 0 Å². The Labute approximate surface area is 181 Å². The van der Waals surface area contributed by atoms with Crippen LogP contribution in [-0.4, -0.2) is 16.8 Å². The molecule has 0 radical (unpaired) electrons. The molecule has 1 aromatic heterocycles. The van der Waals surface area contributed by atoms with Gasteiger partial charge in [0.15, 0.2) is 0 Å². The first kappa shape index (κ1) is 21.6. The summed E-state index contributed by atoms with van der Waals surface area (Å²) in [4.78, 5) is 17.9. The zero-order chi connectivity index (χ0) is 20.7. The van der Waals surface area contributed by atoms with E-state index < -0.39 is 5.60 Å². The van der Waals surface area contributed by atoms with Gasteiger partial charge < -0.3 is 0 Å². The van der Waals surface area contributed by atoms with Crippen molar-refractivity contribution in [2.45, 2.75) is 48.7 Å². The normalized spacial score (nSPS) is 12.5. The molecular formula is C24H27NO2S2. The minimum absolute atomic E-state index is 0.0896. The quantitative estimate of drug-likeness (QED) is 0.337. The summed E-state index contributed by atoms with van der Waals surface area (Å²) in [5, 5.41) is 2.31. The first-order chi connectivity index (χ1) is 13.9. The van der Waals surface area contributed by atoms with Crippen molar-refractivity contribution in [1.29, 1.82) is 0 Å². The molecule has 0 saturated heterocycles. The van der Waals surface area contributed by atoms with Crippen molar-refractivity contribution in [2.24, 2.45) is 0 Å². The van der Waals surface area contributed by atoms with Crippen LogP contribution in [0, 0.1) is 0 Å². The third kappa shape index (κ3) is 7.35. The summed E-state index contributed by atoms with van der Waals surface area (Å²) in [6.45, 7) is 5.75. The number of thioether (sulfide) groups is 1. The predicted octanol–water partition coefficient (Wildman–Crippen LogP) is 6.35. The number of hydrogen-bond acceptors (Lipinski definition) is 4. The van der Waals surface area contributed by atoms with Gasteiger partial charge in [-0.1, -0.05) is 60.7 Å². The minimum atomic E-state index is -0.407. The molecule has 0 spiro atoms. The molecule has 0 aliphatic heterocycles. The predicted molar refractivity (Wildman–Crippen MR) is 123 cm³/mol. The smallest absolute Gasteiger partial charge is 0.244 e. The van der Waals surface area contributed by atoms with Gasteiger partial charge in [0.2, 0.25) is 5.91 Å². The molecule has 1 atom stereocenters. The zero-order valence-electron chi connectivity index (χ0n) is 17.1. The van der Waals surface area contributed by atoms with Crippen molar-refractivity contribution >= 4 is 29.0 Å². The molecule has 29 heavy (non-hydrogen) atoms. The van der Waals surface area contributed by atoms with Crippen molar-refractivity contribution < 1.29 is 9.63 Å². The average molecular weight is 426 g/mol. The Morgan fingerprint density at radius 3 is 2.34 bits per heavy atom. The highest BCUT2D eigenvalue weighted by Crippen LogP contribution is 2.36. The van der Waals surface area contributed by atoms with Gasteiger partial charge in [-0.05, 0) is 55.3 Å². The lowest BCUT2D eigenvalue weighted by molar-refractivity contribution is -0.145. The lowest BCUT2D eigenvalue weighted by atomic mass is 10.1. The molecule has 0 aliphatic carbocycles. The van der Waals surface area contributed by atoms with Gasteiger partial charge in [-0.3, -0.25) is 9.63 Å². The Morgan fingerprint density at radius 1 is 1.03 bits per heavy atom. The second-order valence-corrected chi connectivity index (χ2v) is 10.4. The van der Waals surface area contributed by atoms with E-state index in [0.29, 0.717) is 6.42 Å². The number of amides is 1. The monoisotopic (exact) mass is 425 g/mol. The Morgan fingerprint density at radius 2 is 1.69 bits per heavy atom. The molecule has 0 aliphatic rings. The van der Waals surface area contributed by atoms with Crippen molar-refractivity contribution in [3.05, 3.63) is 77.7 Å². The molecule has 1 amide bonds. The minimum Gasteiger partial charge on any atom is -0.273 e. The van der Waals surface area contributed by atoms with E-state index in [1.165, 1.54) is 20.9 Å². The van der Waals surface area contributed by atoms with Gasteiger partial charge in [0, 0.05) is 11.7 Å². The molecule has 0 fully saturated rings. The summed E-state index contributed by atoms with van der Waals surface area (Å²) in [7, 11) is 0. The highest BCUT2D eigenvalue weighted by Gasteiger charge is 2.19. The number of hydrogen-bond donors (Lipinski definition) is 1. The maximum absolute atomic E-state index is 12.5. The van der Waals surface area contributed by atoms with Gasteiger partial charge in [0.25, 0.3) is 0 Å². The number of benzene rings is 2. The molecule has 3 rings (SSSR count). The van der Waals surface area contributed by atoms with Gasteiger partial charge >= 0.3 is 0 Å². The number of nitrogens with one attached hydrogen (secondary N) is 1. The average Bonchev–Trinajstić information content (AvgIpc) is 3.16. The molecule has 0 saturated carbocycles. The lowest BCUT2D eigenvalue weighted by Gasteiger charge is -2.21. The molecule has 5 heteroatoms. The molecule has 1 heterocycles. The van der Waals surface area contributed by atoms with Gasteiger partial charge in [-0.25, -0.2) is 5.48 Å². The summed E-state index contributed by atoms with van der Waals surface area (Å²) in [5.41, 5.74) is 5.86. The van der Waals surface area contributed by atoms with Gasteiger partial charge in [-0.2, -0.15) is 0 Å². The van der Waals surface area contributed by atoms with Crippen LogP contribution < -0.4 is 5.48 Å². The highest BCUT2D eigenvalue weighted by atomic mass is 32.2. The van der Waals surface area contributed by atoms with Crippen LogP contribution in [0.4, 0.5) is 0 Å². The molecule has 2 aromatic carbocycles. The van der Waals surface area contributed by atoms with Gasteiger partial charge in [0.1, 0.15) is 0 Å². The van der Waals surface area contributed by atoms with E-state index in [-0.39, 0.29) is 11.2 Å². The second kappa shape index (κ2) is 10.1. The maximum atomic E-state index is 12.5. The molecule has 152 valence electrons. The van der Waals surface area contributed by atoms with Crippen molar-refractivity contribution in [1.82, 2.24) is 5.48 Å². The third-order valence-corrected chi connectivity index (χ3v) is 6.47. The maximum Gasteiger partial charge on any atom is 0.244 e. The molecule has 3 aromatic rings. The topological polar surface area (TPSA) is 38.3 Å². The van der Waals surface area contributed by atoms with E-state index in [2.05, 4.69) is 53.3 Å². The van der Waals surface area contributed by atoms with Crippen LogP contribution in [0.2, 0.25) is 0 Å². The number of carbonyl (C=O) groups is 1. The largest absolute Gasteiger partial charge is 0.273 e. The van der Waals surface area contributed by atoms with E-state index in [1.807, 2.05) is 45.0 Å². The first-order valence-corrected chi connectivity index (χ1v) is 11.5. The zero-order valence-corrected chi connectivity index (χ0v) is 18.7. The van der Waals surface area contributed by atoms with E-state index in [0.717, 1.165) is 6.42 Å². The summed E-state index contributed by atoms with van der Waals surface area (Å²) in [6, 6.07) is 22.9. The number of rotatable bonds is 8. The summed E-state index contributed by atoms with van der Waals surface area (Å²) in [6.07, 6.45) is 1.22. The first-order valence-electron chi connectivity index (χ1n) is 9.70. The van der Waals surface area contributed by atoms with Crippen LogP contribution in [0.25, 0.3) is 11.1 Å². The SMILES string of the molecule is CC(C)(C)ONC(=O)CC(Cc1ccccc1)Sc1cc(-c2ccccc2)cs1. The van der Waals surface area contributed by atoms with E-state index >= 15 is 0 Å². The fourth-order valence-corrected chi connectivity index (χ4v) is 5.27. The van der Waals surface area contributed by atoms with Crippen LogP contribution in [0.15, 0.2) is 76.3 Å². The molecular weight excluding hydrogens is 398 g/mol.